The molecular weight excluding hydrogens is 439 g/mol. The number of carbonyl (C=O) groups is 1. The van der Waals surface area contributed by atoms with Crippen LogP contribution in [0.5, 0.6) is 0 Å². The smallest absolute Gasteiger partial charge is 0.243 e. The standard InChI is InChI=1S/C23H22ClFN2O3S/c1-16-11-17(2)13-20(12-16)26-23(28)15-27(14-18-5-3-4-6-22(18)25)31(29,30)21-9-7-19(24)8-10-21/h3-13H,14-15H2,1-2H3,(H,26,28). The van der Waals surface area contributed by atoms with Crippen LogP contribution in [0.3, 0.4) is 0 Å². The number of sulfonamides is 1. The molecule has 0 spiro atoms. The molecule has 8 heteroatoms. The molecule has 0 saturated carbocycles. The largest absolute Gasteiger partial charge is 0.325 e. The van der Waals surface area contributed by atoms with Crippen molar-refractivity contribution in [1.29, 1.82) is 0 Å². The zero-order valence-corrected chi connectivity index (χ0v) is 18.7. The summed E-state index contributed by atoms with van der Waals surface area (Å²) in [4.78, 5) is 12.7. The molecule has 0 fully saturated rings. The van der Waals surface area contributed by atoms with Crippen LogP contribution in [0.2, 0.25) is 5.02 Å². The highest BCUT2D eigenvalue weighted by molar-refractivity contribution is 7.89. The molecule has 0 atom stereocenters. The van der Waals surface area contributed by atoms with Crippen molar-refractivity contribution in [3.8, 4) is 0 Å². The maximum Gasteiger partial charge on any atom is 0.243 e. The quantitative estimate of drug-likeness (QED) is 0.544. The van der Waals surface area contributed by atoms with Gasteiger partial charge in [-0.2, -0.15) is 4.31 Å². The minimum atomic E-state index is -4.09. The predicted octanol–water partition coefficient (Wildman–Crippen LogP) is 4.93. The summed E-state index contributed by atoms with van der Waals surface area (Å²) in [6, 6.07) is 17.0. The number of aryl methyl sites for hydroxylation is 2. The summed E-state index contributed by atoms with van der Waals surface area (Å²) in [6.07, 6.45) is 0. The molecule has 5 nitrogen and oxygen atoms in total. The average molecular weight is 461 g/mol. The van der Waals surface area contributed by atoms with Gasteiger partial charge in [0.25, 0.3) is 0 Å². The highest BCUT2D eigenvalue weighted by atomic mass is 35.5. The second-order valence-electron chi connectivity index (χ2n) is 7.24. The van der Waals surface area contributed by atoms with E-state index in [1.807, 2.05) is 19.9 Å². The Balaban J connectivity index is 1.90. The molecule has 0 aromatic heterocycles. The maximum absolute atomic E-state index is 14.2. The number of anilines is 1. The third-order valence-electron chi connectivity index (χ3n) is 4.58. The normalized spacial score (nSPS) is 11.5. The summed E-state index contributed by atoms with van der Waals surface area (Å²) in [5, 5.41) is 3.11. The molecule has 0 aliphatic carbocycles. The molecular formula is C23H22ClFN2O3S. The fraction of sp³-hybridized carbons (Fsp3) is 0.174. The first-order chi connectivity index (χ1) is 14.6. The summed E-state index contributed by atoms with van der Waals surface area (Å²) in [5.74, 6) is -1.08. The maximum atomic E-state index is 14.2. The van der Waals surface area contributed by atoms with Crippen LogP contribution in [0.15, 0.2) is 71.6 Å². The van der Waals surface area contributed by atoms with E-state index in [1.165, 1.54) is 42.5 Å². The Kier molecular flexibility index (Phi) is 7.10. The predicted molar refractivity (Wildman–Crippen MR) is 120 cm³/mol. The molecule has 0 heterocycles. The van der Waals surface area contributed by atoms with Crippen molar-refractivity contribution in [2.45, 2.75) is 25.3 Å². The molecule has 31 heavy (non-hydrogen) atoms. The Morgan fingerprint density at radius 2 is 1.61 bits per heavy atom. The molecule has 1 amide bonds. The van der Waals surface area contributed by atoms with E-state index in [0.29, 0.717) is 10.7 Å². The van der Waals surface area contributed by atoms with Gasteiger partial charge in [-0.3, -0.25) is 4.79 Å². The van der Waals surface area contributed by atoms with Gasteiger partial charge in [-0.15, -0.1) is 0 Å². The summed E-state index contributed by atoms with van der Waals surface area (Å²) in [6.45, 7) is 3.03. The molecule has 0 unspecified atom stereocenters. The lowest BCUT2D eigenvalue weighted by molar-refractivity contribution is -0.116. The summed E-state index contributed by atoms with van der Waals surface area (Å²) < 4.78 is 41.6. The Hall–Kier alpha value is -2.74. The minimum Gasteiger partial charge on any atom is -0.325 e. The van der Waals surface area contributed by atoms with Gasteiger partial charge in [0.05, 0.1) is 11.4 Å². The third-order valence-corrected chi connectivity index (χ3v) is 6.64. The molecule has 162 valence electrons. The number of amides is 1. The van der Waals surface area contributed by atoms with Gasteiger partial charge >= 0.3 is 0 Å². The molecule has 0 radical (unpaired) electrons. The topological polar surface area (TPSA) is 66.5 Å². The van der Waals surface area contributed by atoms with Crippen molar-refractivity contribution in [2.24, 2.45) is 0 Å². The Morgan fingerprint density at radius 1 is 1.00 bits per heavy atom. The van der Waals surface area contributed by atoms with Crippen LogP contribution in [0.1, 0.15) is 16.7 Å². The highest BCUT2D eigenvalue weighted by Gasteiger charge is 2.28. The van der Waals surface area contributed by atoms with Crippen LogP contribution in [-0.4, -0.2) is 25.2 Å². The highest BCUT2D eigenvalue weighted by Crippen LogP contribution is 2.22. The van der Waals surface area contributed by atoms with Gasteiger partial charge in [0.15, 0.2) is 0 Å². The van der Waals surface area contributed by atoms with Crippen molar-refractivity contribution in [3.63, 3.8) is 0 Å². The number of carbonyl (C=O) groups excluding carboxylic acids is 1. The Bertz CT molecular complexity index is 1180. The Labute approximate surface area is 186 Å². The van der Waals surface area contributed by atoms with E-state index < -0.39 is 28.3 Å². The van der Waals surface area contributed by atoms with Crippen molar-refractivity contribution in [2.75, 3.05) is 11.9 Å². The summed E-state index contributed by atoms with van der Waals surface area (Å²) >= 11 is 5.87. The lowest BCUT2D eigenvalue weighted by atomic mass is 10.1. The number of halogens is 2. The molecule has 3 aromatic rings. The van der Waals surface area contributed by atoms with Crippen molar-refractivity contribution >= 4 is 33.2 Å². The van der Waals surface area contributed by atoms with Crippen molar-refractivity contribution in [3.05, 3.63) is 94.3 Å². The van der Waals surface area contributed by atoms with Crippen LogP contribution in [0, 0.1) is 19.7 Å². The van der Waals surface area contributed by atoms with E-state index in [9.17, 15) is 17.6 Å². The second-order valence-corrected chi connectivity index (χ2v) is 9.62. The SMILES string of the molecule is Cc1cc(C)cc(NC(=O)CN(Cc2ccccc2F)S(=O)(=O)c2ccc(Cl)cc2)c1. The van der Waals surface area contributed by atoms with Crippen LogP contribution >= 0.6 is 11.6 Å². The second kappa shape index (κ2) is 9.60. The molecule has 0 aliphatic heterocycles. The first-order valence-corrected chi connectivity index (χ1v) is 11.3. The van der Waals surface area contributed by atoms with E-state index in [1.54, 1.807) is 18.2 Å². The van der Waals surface area contributed by atoms with Gasteiger partial charge in [0, 0.05) is 22.8 Å². The number of hydrogen-bond donors (Lipinski definition) is 1. The van der Waals surface area contributed by atoms with Gasteiger partial charge in [0.2, 0.25) is 15.9 Å². The van der Waals surface area contributed by atoms with E-state index in [4.69, 9.17) is 11.6 Å². The molecule has 0 bridgehead atoms. The van der Waals surface area contributed by atoms with E-state index in [2.05, 4.69) is 5.32 Å². The lowest BCUT2D eigenvalue weighted by Crippen LogP contribution is -2.37. The first kappa shape index (κ1) is 22.9. The van der Waals surface area contributed by atoms with Crippen LogP contribution in [0.25, 0.3) is 0 Å². The zero-order chi connectivity index (χ0) is 22.6. The lowest BCUT2D eigenvalue weighted by Gasteiger charge is -2.22. The fourth-order valence-corrected chi connectivity index (χ4v) is 4.71. The molecule has 0 aliphatic rings. The van der Waals surface area contributed by atoms with Gasteiger partial charge in [0.1, 0.15) is 5.82 Å². The third kappa shape index (κ3) is 5.91. The van der Waals surface area contributed by atoms with Gasteiger partial charge < -0.3 is 5.32 Å². The first-order valence-electron chi connectivity index (χ1n) is 9.52. The van der Waals surface area contributed by atoms with Gasteiger partial charge in [-0.25, -0.2) is 12.8 Å². The monoisotopic (exact) mass is 460 g/mol. The molecule has 1 N–H and O–H groups in total. The number of nitrogens with one attached hydrogen (secondary N) is 1. The fourth-order valence-electron chi connectivity index (χ4n) is 3.21. The van der Waals surface area contributed by atoms with Gasteiger partial charge in [-0.05, 0) is 67.4 Å². The van der Waals surface area contributed by atoms with Gasteiger partial charge in [-0.1, -0.05) is 35.9 Å². The number of nitrogens with zero attached hydrogens (tertiary/aromatic N) is 1. The number of benzene rings is 3. The van der Waals surface area contributed by atoms with Crippen LogP contribution in [0.4, 0.5) is 10.1 Å². The summed E-state index contributed by atoms with van der Waals surface area (Å²) in [5.41, 5.74) is 2.66. The van der Waals surface area contributed by atoms with E-state index in [0.717, 1.165) is 15.4 Å². The number of rotatable bonds is 7. The zero-order valence-electron chi connectivity index (χ0n) is 17.1. The Morgan fingerprint density at radius 3 is 2.23 bits per heavy atom. The molecule has 3 rings (SSSR count). The van der Waals surface area contributed by atoms with Crippen molar-refractivity contribution in [1.82, 2.24) is 4.31 Å². The van der Waals surface area contributed by atoms with Crippen molar-refractivity contribution < 1.29 is 17.6 Å². The molecule has 3 aromatic carbocycles. The van der Waals surface area contributed by atoms with E-state index in [-0.39, 0.29) is 17.0 Å². The minimum absolute atomic E-state index is 0.0348. The van der Waals surface area contributed by atoms with Crippen LogP contribution < -0.4 is 5.32 Å². The average Bonchev–Trinajstić information content (AvgIpc) is 2.68. The number of hydrogen-bond acceptors (Lipinski definition) is 3. The summed E-state index contributed by atoms with van der Waals surface area (Å²) in [7, 11) is -4.09. The van der Waals surface area contributed by atoms with E-state index >= 15 is 0 Å². The van der Waals surface area contributed by atoms with Crippen LogP contribution in [-0.2, 0) is 21.4 Å². The molecule has 0 saturated heterocycles.